The standard InChI is InChI=1S/C24H26F2N2O4/c1-31-20-10-9-15(11-21(20)32-17-5-2-3-6-17)16-12-23(30)28(13-16)14-22(29)27-19-8-4-7-18(25)24(19)26/h4,7-11,16-17H,2-3,5-6,12-14H2,1H3,(H,27,29)/t16-/m1/s1. The molecule has 1 heterocycles. The summed E-state index contributed by atoms with van der Waals surface area (Å²) in [6.07, 6.45) is 4.78. The predicted molar refractivity (Wildman–Crippen MR) is 115 cm³/mol. The first-order valence-corrected chi connectivity index (χ1v) is 10.8. The van der Waals surface area contributed by atoms with Gasteiger partial charge in [-0.3, -0.25) is 9.59 Å². The van der Waals surface area contributed by atoms with E-state index in [1.54, 1.807) is 7.11 Å². The van der Waals surface area contributed by atoms with Crippen LogP contribution in [0.5, 0.6) is 11.5 Å². The second kappa shape index (κ2) is 9.54. The lowest BCUT2D eigenvalue weighted by molar-refractivity contribution is -0.131. The Bertz CT molecular complexity index is 1010. The zero-order chi connectivity index (χ0) is 22.7. The van der Waals surface area contributed by atoms with Crippen molar-refractivity contribution in [2.24, 2.45) is 0 Å². The third kappa shape index (κ3) is 4.84. The molecule has 0 unspecified atom stereocenters. The van der Waals surface area contributed by atoms with Crippen molar-refractivity contribution < 1.29 is 27.8 Å². The third-order valence-corrected chi connectivity index (χ3v) is 6.03. The number of halogens is 2. The van der Waals surface area contributed by atoms with Gasteiger partial charge in [-0.15, -0.1) is 0 Å². The number of carbonyl (C=O) groups is 2. The second-order valence-corrected chi connectivity index (χ2v) is 8.26. The molecule has 32 heavy (non-hydrogen) atoms. The molecule has 4 rings (SSSR count). The SMILES string of the molecule is COc1ccc([C@@H]2CC(=O)N(CC(=O)Nc3cccc(F)c3F)C2)cc1OC1CCCC1. The Hall–Kier alpha value is -3.16. The number of amides is 2. The van der Waals surface area contributed by atoms with Crippen LogP contribution in [-0.4, -0.2) is 43.0 Å². The summed E-state index contributed by atoms with van der Waals surface area (Å²) >= 11 is 0. The van der Waals surface area contributed by atoms with Crippen LogP contribution in [0.1, 0.15) is 43.6 Å². The largest absolute Gasteiger partial charge is 0.493 e. The molecule has 2 aromatic carbocycles. The highest BCUT2D eigenvalue weighted by molar-refractivity contribution is 5.95. The lowest BCUT2D eigenvalue weighted by Crippen LogP contribution is -2.34. The number of ether oxygens (including phenoxy) is 2. The quantitative estimate of drug-likeness (QED) is 0.693. The van der Waals surface area contributed by atoms with Gasteiger partial charge in [0, 0.05) is 18.9 Å². The van der Waals surface area contributed by atoms with Crippen LogP contribution in [-0.2, 0) is 9.59 Å². The topological polar surface area (TPSA) is 67.9 Å². The van der Waals surface area contributed by atoms with E-state index < -0.39 is 17.5 Å². The van der Waals surface area contributed by atoms with Crippen LogP contribution in [0.15, 0.2) is 36.4 Å². The Morgan fingerprint density at radius 1 is 1.16 bits per heavy atom. The molecule has 2 aromatic rings. The summed E-state index contributed by atoms with van der Waals surface area (Å²) in [7, 11) is 1.59. The number of hydrogen-bond donors (Lipinski definition) is 1. The average Bonchev–Trinajstić information content (AvgIpc) is 3.41. The van der Waals surface area contributed by atoms with E-state index in [0.717, 1.165) is 37.3 Å². The normalized spacial score (nSPS) is 18.8. The molecular weight excluding hydrogens is 418 g/mol. The fourth-order valence-electron chi connectivity index (χ4n) is 4.34. The van der Waals surface area contributed by atoms with Gasteiger partial charge in [0.2, 0.25) is 11.8 Å². The summed E-state index contributed by atoms with van der Waals surface area (Å²) in [4.78, 5) is 26.3. The summed E-state index contributed by atoms with van der Waals surface area (Å²) in [5.41, 5.74) is 0.688. The molecule has 2 amide bonds. The average molecular weight is 444 g/mol. The first kappa shape index (κ1) is 22.0. The van der Waals surface area contributed by atoms with Crippen molar-refractivity contribution >= 4 is 17.5 Å². The molecule has 1 aliphatic carbocycles. The van der Waals surface area contributed by atoms with Gasteiger partial charge in [-0.05, 0) is 55.5 Å². The van der Waals surface area contributed by atoms with E-state index in [1.807, 2.05) is 18.2 Å². The molecule has 0 spiro atoms. The van der Waals surface area contributed by atoms with Gasteiger partial charge < -0.3 is 19.7 Å². The van der Waals surface area contributed by atoms with Gasteiger partial charge in [-0.1, -0.05) is 12.1 Å². The highest BCUT2D eigenvalue weighted by Gasteiger charge is 2.32. The Balaban J connectivity index is 1.41. The minimum Gasteiger partial charge on any atom is -0.493 e. The highest BCUT2D eigenvalue weighted by Crippen LogP contribution is 2.37. The fraction of sp³-hybridized carbons (Fsp3) is 0.417. The summed E-state index contributed by atoms with van der Waals surface area (Å²) in [6.45, 7) is 0.125. The van der Waals surface area contributed by atoms with Crippen molar-refractivity contribution in [1.82, 2.24) is 4.90 Å². The number of rotatable bonds is 7. The molecule has 8 heteroatoms. The minimum atomic E-state index is -1.13. The van der Waals surface area contributed by atoms with E-state index in [1.165, 1.54) is 17.0 Å². The molecule has 1 saturated carbocycles. The van der Waals surface area contributed by atoms with Crippen LogP contribution in [0.4, 0.5) is 14.5 Å². The first-order valence-electron chi connectivity index (χ1n) is 10.8. The van der Waals surface area contributed by atoms with Crippen molar-refractivity contribution in [3.05, 3.63) is 53.6 Å². The van der Waals surface area contributed by atoms with Crippen molar-refractivity contribution in [2.45, 2.75) is 44.1 Å². The van der Waals surface area contributed by atoms with Crippen molar-refractivity contribution in [1.29, 1.82) is 0 Å². The summed E-state index contributed by atoms with van der Waals surface area (Å²) < 4.78 is 38.7. The summed E-state index contributed by atoms with van der Waals surface area (Å²) in [5.74, 6) is -1.70. The van der Waals surface area contributed by atoms with Crippen molar-refractivity contribution in [3.63, 3.8) is 0 Å². The zero-order valence-corrected chi connectivity index (χ0v) is 17.9. The second-order valence-electron chi connectivity index (χ2n) is 8.26. The number of likely N-dealkylation sites (tertiary alicyclic amines) is 1. The Morgan fingerprint density at radius 3 is 2.69 bits per heavy atom. The first-order chi connectivity index (χ1) is 15.4. The van der Waals surface area contributed by atoms with E-state index in [9.17, 15) is 18.4 Å². The summed E-state index contributed by atoms with van der Waals surface area (Å²) in [5, 5.41) is 2.33. The van der Waals surface area contributed by atoms with E-state index in [2.05, 4.69) is 5.32 Å². The monoisotopic (exact) mass is 444 g/mol. The molecular formula is C24H26F2N2O4. The van der Waals surface area contributed by atoms with Gasteiger partial charge in [0.1, 0.15) is 0 Å². The maximum atomic E-state index is 13.8. The molecule has 2 aliphatic rings. The molecule has 2 fully saturated rings. The number of anilines is 1. The Kier molecular flexibility index (Phi) is 6.58. The molecule has 1 atom stereocenters. The molecule has 0 aromatic heterocycles. The van der Waals surface area contributed by atoms with E-state index in [-0.39, 0.29) is 36.6 Å². The highest BCUT2D eigenvalue weighted by atomic mass is 19.2. The van der Waals surface area contributed by atoms with E-state index >= 15 is 0 Å². The third-order valence-electron chi connectivity index (χ3n) is 6.03. The van der Waals surface area contributed by atoms with Gasteiger partial charge in [0.25, 0.3) is 0 Å². The van der Waals surface area contributed by atoms with Crippen molar-refractivity contribution in [2.75, 3.05) is 25.5 Å². The fourth-order valence-corrected chi connectivity index (χ4v) is 4.34. The number of benzene rings is 2. The van der Waals surface area contributed by atoms with Crippen LogP contribution in [0.25, 0.3) is 0 Å². The Morgan fingerprint density at radius 2 is 1.94 bits per heavy atom. The summed E-state index contributed by atoms with van der Waals surface area (Å²) in [6, 6.07) is 9.21. The zero-order valence-electron chi connectivity index (χ0n) is 17.9. The van der Waals surface area contributed by atoms with Gasteiger partial charge in [0.15, 0.2) is 23.1 Å². The van der Waals surface area contributed by atoms with Crippen LogP contribution in [0.2, 0.25) is 0 Å². The van der Waals surface area contributed by atoms with Gasteiger partial charge >= 0.3 is 0 Å². The van der Waals surface area contributed by atoms with Crippen molar-refractivity contribution in [3.8, 4) is 11.5 Å². The van der Waals surface area contributed by atoms with Crippen LogP contribution in [0.3, 0.4) is 0 Å². The maximum Gasteiger partial charge on any atom is 0.244 e. The minimum absolute atomic E-state index is 0.0990. The van der Waals surface area contributed by atoms with Crippen LogP contribution < -0.4 is 14.8 Å². The number of methoxy groups -OCH3 is 1. The van der Waals surface area contributed by atoms with Crippen LogP contribution in [0, 0.1) is 11.6 Å². The predicted octanol–water partition coefficient (Wildman–Crippen LogP) is 4.25. The van der Waals surface area contributed by atoms with Gasteiger partial charge in [0.05, 0.1) is 25.4 Å². The molecule has 0 radical (unpaired) electrons. The van der Waals surface area contributed by atoms with E-state index in [0.29, 0.717) is 18.0 Å². The van der Waals surface area contributed by atoms with Gasteiger partial charge in [-0.2, -0.15) is 0 Å². The number of nitrogens with zero attached hydrogens (tertiary/aromatic N) is 1. The molecule has 1 saturated heterocycles. The molecule has 1 N–H and O–H groups in total. The number of hydrogen-bond acceptors (Lipinski definition) is 4. The molecule has 0 bridgehead atoms. The van der Waals surface area contributed by atoms with Crippen LogP contribution >= 0.6 is 0 Å². The smallest absolute Gasteiger partial charge is 0.244 e. The molecule has 6 nitrogen and oxygen atoms in total. The Labute approximate surface area is 185 Å². The lowest BCUT2D eigenvalue weighted by atomic mass is 9.98. The lowest BCUT2D eigenvalue weighted by Gasteiger charge is -2.19. The number of nitrogens with one attached hydrogen (secondary N) is 1. The number of carbonyl (C=O) groups excluding carboxylic acids is 2. The van der Waals surface area contributed by atoms with Gasteiger partial charge in [-0.25, -0.2) is 8.78 Å². The van der Waals surface area contributed by atoms with E-state index in [4.69, 9.17) is 9.47 Å². The maximum absolute atomic E-state index is 13.8. The molecule has 1 aliphatic heterocycles. The molecule has 170 valence electrons.